The molecule has 2 rings (SSSR count). The number of aryl methyl sites for hydroxylation is 1. The fourth-order valence-electron chi connectivity index (χ4n) is 1.31. The molecule has 0 aromatic carbocycles. The third-order valence-electron chi connectivity index (χ3n) is 1.99. The fourth-order valence-corrected chi connectivity index (χ4v) is 3.18. The maximum Gasteiger partial charge on any atom is 0.367 e. The summed E-state index contributed by atoms with van der Waals surface area (Å²) in [5.41, 5.74) is 0.885. The highest BCUT2D eigenvalue weighted by Crippen LogP contribution is 2.33. The van der Waals surface area contributed by atoms with Gasteiger partial charge in [-0.15, -0.1) is 22.7 Å². The summed E-state index contributed by atoms with van der Waals surface area (Å²) in [4.78, 5) is 17.9. The lowest BCUT2D eigenvalue weighted by Gasteiger charge is -1.95. The minimum Gasteiger partial charge on any atom is -0.461 e. The highest BCUT2D eigenvalue weighted by Gasteiger charge is 2.16. The van der Waals surface area contributed by atoms with Crippen LogP contribution in [-0.4, -0.2) is 17.6 Å². The van der Waals surface area contributed by atoms with Crippen LogP contribution in [-0.2, 0) is 4.74 Å². The summed E-state index contributed by atoms with van der Waals surface area (Å²) in [5, 5.41) is 2.45. The molecule has 5 heteroatoms. The normalized spacial score (nSPS) is 10.4. The predicted molar refractivity (Wildman–Crippen MR) is 66.1 cm³/mol. The van der Waals surface area contributed by atoms with Gasteiger partial charge in [-0.05, 0) is 25.3 Å². The molecule has 0 saturated heterocycles. The van der Waals surface area contributed by atoms with Crippen LogP contribution in [0.5, 0.6) is 0 Å². The molecule has 2 heterocycles. The van der Waals surface area contributed by atoms with Crippen molar-refractivity contribution < 1.29 is 9.53 Å². The summed E-state index contributed by atoms with van der Waals surface area (Å²) in [6.45, 7) is 4.08. The van der Waals surface area contributed by atoms with Crippen LogP contribution in [0.15, 0.2) is 17.5 Å². The first-order valence-corrected chi connectivity index (χ1v) is 6.60. The minimum absolute atomic E-state index is 0.335. The molecule has 0 radical (unpaired) electrons. The Labute approximate surface area is 102 Å². The van der Waals surface area contributed by atoms with E-state index in [1.165, 1.54) is 11.3 Å². The number of thiophene rings is 1. The van der Waals surface area contributed by atoms with Crippen molar-refractivity contribution >= 4 is 28.6 Å². The first-order valence-electron chi connectivity index (χ1n) is 4.90. The van der Waals surface area contributed by atoms with E-state index in [9.17, 15) is 4.79 Å². The maximum atomic E-state index is 11.5. The highest BCUT2D eigenvalue weighted by atomic mass is 32.1. The van der Waals surface area contributed by atoms with Crippen molar-refractivity contribution in [1.29, 1.82) is 0 Å². The quantitative estimate of drug-likeness (QED) is 0.787. The van der Waals surface area contributed by atoms with Crippen molar-refractivity contribution in [3.05, 3.63) is 28.2 Å². The van der Waals surface area contributed by atoms with E-state index in [4.69, 9.17) is 4.74 Å². The van der Waals surface area contributed by atoms with Crippen LogP contribution in [0.4, 0.5) is 0 Å². The Kier molecular flexibility index (Phi) is 3.36. The average Bonchev–Trinajstić information content (AvgIpc) is 2.86. The number of rotatable bonds is 3. The van der Waals surface area contributed by atoms with E-state index in [2.05, 4.69) is 4.98 Å². The number of nitrogens with zero attached hydrogens (tertiary/aromatic N) is 1. The molecule has 0 N–H and O–H groups in total. The van der Waals surface area contributed by atoms with Crippen LogP contribution in [0.1, 0.15) is 22.4 Å². The molecule has 2 aromatic heterocycles. The molecule has 2 aromatic rings. The molecule has 0 aliphatic rings. The zero-order chi connectivity index (χ0) is 11.5. The zero-order valence-electron chi connectivity index (χ0n) is 9.02. The molecule has 0 atom stereocenters. The van der Waals surface area contributed by atoms with Gasteiger partial charge in [0.1, 0.15) is 0 Å². The van der Waals surface area contributed by atoms with Gasteiger partial charge < -0.3 is 4.74 Å². The Morgan fingerprint density at radius 1 is 1.56 bits per heavy atom. The molecule has 3 nitrogen and oxygen atoms in total. The van der Waals surface area contributed by atoms with Crippen molar-refractivity contribution in [2.75, 3.05) is 6.61 Å². The smallest absolute Gasteiger partial charge is 0.367 e. The van der Waals surface area contributed by atoms with Crippen LogP contribution < -0.4 is 0 Å². The van der Waals surface area contributed by atoms with Gasteiger partial charge in [0.05, 0.1) is 17.2 Å². The molecule has 0 aliphatic carbocycles. The highest BCUT2D eigenvalue weighted by molar-refractivity contribution is 7.22. The first kappa shape index (κ1) is 11.3. The van der Waals surface area contributed by atoms with E-state index in [0.717, 1.165) is 15.4 Å². The topological polar surface area (TPSA) is 39.2 Å². The molecule has 0 unspecified atom stereocenters. The lowest BCUT2D eigenvalue weighted by atomic mass is 10.3. The van der Waals surface area contributed by atoms with E-state index in [0.29, 0.717) is 11.6 Å². The molecule has 16 heavy (non-hydrogen) atoms. The van der Waals surface area contributed by atoms with Gasteiger partial charge in [0.25, 0.3) is 0 Å². The molecule has 0 aliphatic heterocycles. The molecule has 0 fully saturated rings. The molecule has 0 spiro atoms. The van der Waals surface area contributed by atoms with Crippen molar-refractivity contribution in [2.24, 2.45) is 0 Å². The summed E-state index contributed by atoms with van der Waals surface area (Å²) < 4.78 is 4.93. The Hall–Kier alpha value is -1.20. The summed E-state index contributed by atoms with van der Waals surface area (Å²) in [5.74, 6) is -0.335. The van der Waals surface area contributed by atoms with Crippen LogP contribution in [0.2, 0.25) is 0 Å². The number of hydrogen-bond acceptors (Lipinski definition) is 5. The lowest BCUT2D eigenvalue weighted by molar-refractivity contribution is 0.0526. The summed E-state index contributed by atoms with van der Waals surface area (Å²) >= 11 is 3.04. The molecular formula is C11H11NO2S2. The van der Waals surface area contributed by atoms with Gasteiger partial charge in [-0.3, -0.25) is 0 Å². The SMILES string of the molecule is CCOC(=O)c1nc(C)c(-c2cccs2)s1. The number of thiazole rings is 1. The van der Waals surface area contributed by atoms with Crippen molar-refractivity contribution in [2.45, 2.75) is 13.8 Å². The van der Waals surface area contributed by atoms with Crippen LogP contribution in [0.25, 0.3) is 9.75 Å². The first-order chi connectivity index (χ1) is 7.72. The lowest BCUT2D eigenvalue weighted by Crippen LogP contribution is -2.03. The molecule has 0 saturated carbocycles. The van der Waals surface area contributed by atoms with Gasteiger partial charge in [-0.25, -0.2) is 9.78 Å². The Morgan fingerprint density at radius 3 is 3.00 bits per heavy atom. The van der Waals surface area contributed by atoms with Gasteiger partial charge in [-0.1, -0.05) is 6.07 Å². The van der Waals surface area contributed by atoms with E-state index in [1.807, 2.05) is 24.4 Å². The Bertz CT molecular complexity index is 488. The van der Waals surface area contributed by atoms with Crippen LogP contribution in [0.3, 0.4) is 0 Å². The maximum absolute atomic E-state index is 11.5. The largest absolute Gasteiger partial charge is 0.461 e. The summed E-state index contributed by atoms with van der Waals surface area (Å²) in [6, 6.07) is 4.02. The number of esters is 1. The molecule has 0 amide bonds. The number of ether oxygens (including phenoxy) is 1. The Balaban J connectivity index is 2.32. The Morgan fingerprint density at radius 2 is 2.38 bits per heavy atom. The van der Waals surface area contributed by atoms with E-state index in [-0.39, 0.29) is 5.97 Å². The number of carbonyl (C=O) groups is 1. The molecular weight excluding hydrogens is 242 g/mol. The number of carbonyl (C=O) groups excluding carboxylic acids is 1. The summed E-state index contributed by atoms with van der Waals surface area (Å²) in [7, 11) is 0. The second kappa shape index (κ2) is 4.76. The van der Waals surface area contributed by atoms with Gasteiger partial charge >= 0.3 is 5.97 Å². The number of hydrogen-bond donors (Lipinski definition) is 0. The van der Waals surface area contributed by atoms with Crippen LogP contribution in [0, 0.1) is 6.92 Å². The number of aromatic nitrogens is 1. The average molecular weight is 253 g/mol. The predicted octanol–water partition coefficient (Wildman–Crippen LogP) is 3.36. The van der Waals surface area contributed by atoms with Crippen molar-refractivity contribution in [3.8, 4) is 9.75 Å². The molecule has 84 valence electrons. The molecule has 0 bridgehead atoms. The van der Waals surface area contributed by atoms with Gasteiger partial charge in [-0.2, -0.15) is 0 Å². The minimum atomic E-state index is -0.335. The third kappa shape index (κ3) is 2.15. The van der Waals surface area contributed by atoms with Gasteiger partial charge in [0.2, 0.25) is 5.01 Å². The van der Waals surface area contributed by atoms with Crippen molar-refractivity contribution in [1.82, 2.24) is 4.98 Å². The van der Waals surface area contributed by atoms with Crippen molar-refractivity contribution in [3.63, 3.8) is 0 Å². The van der Waals surface area contributed by atoms with E-state index < -0.39 is 0 Å². The van der Waals surface area contributed by atoms with Gasteiger partial charge in [0.15, 0.2) is 0 Å². The second-order valence-electron chi connectivity index (χ2n) is 3.13. The third-order valence-corrected chi connectivity index (χ3v) is 4.18. The van der Waals surface area contributed by atoms with E-state index >= 15 is 0 Å². The fraction of sp³-hybridized carbons (Fsp3) is 0.273. The second-order valence-corrected chi connectivity index (χ2v) is 5.08. The summed E-state index contributed by atoms with van der Waals surface area (Å²) in [6.07, 6.45) is 0. The van der Waals surface area contributed by atoms with E-state index in [1.54, 1.807) is 18.3 Å². The monoisotopic (exact) mass is 253 g/mol. The van der Waals surface area contributed by atoms with Crippen LogP contribution >= 0.6 is 22.7 Å². The van der Waals surface area contributed by atoms with Gasteiger partial charge in [0, 0.05) is 4.88 Å². The zero-order valence-corrected chi connectivity index (χ0v) is 10.7. The standard InChI is InChI=1S/C11H11NO2S2/c1-3-14-11(13)10-12-7(2)9(16-10)8-5-4-6-15-8/h4-6H,3H2,1-2H3.